The summed E-state index contributed by atoms with van der Waals surface area (Å²) < 4.78 is 18.6. The molecule has 0 atom stereocenters. The van der Waals surface area contributed by atoms with Crippen LogP contribution < -0.4 is 0 Å². The minimum Gasteiger partial charge on any atom is -0.454 e. The van der Waals surface area contributed by atoms with Crippen molar-refractivity contribution >= 4 is 34.2 Å². The summed E-state index contributed by atoms with van der Waals surface area (Å²) in [6, 6.07) is 5.18. The average Bonchev–Trinajstić information content (AvgIpc) is 3.14. The van der Waals surface area contributed by atoms with E-state index in [1.165, 1.54) is 20.5 Å². The van der Waals surface area contributed by atoms with Crippen LogP contribution in [0.5, 0.6) is 0 Å². The van der Waals surface area contributed by atoms with Gasteiger partial charge in [-0.05, 0) is 18.2 Å². The third-order valence-electron chi connectivity index (χ3n) is 3.41. The quantitative estimate of drug-likeness (QED) is 0.665. The van der Waals surface area contributed by atoms with Crippen molar-refractivity contribution < 1.29 is 13.9 Å². The molecule has 0 saturated heterocycles. The molecule has 0 amide bonds. The molecule has 0 aliphatic rings. The van der Waals surface area contributed by atoms with Crippen LogP contribution in [0.1, 0.15) is 5.76 Å². The standard InChI is InChI=1S/C14H13Cl2N3O3/c1-20-14(21-2,6-19-8-17-7-18-19)12-4-9-3-10(15)5-11(16)13(9)22-12/h3-5,7-8H,6H2,1-2H3. The van der Waals surface area contributed by atoms with E-state index in [-0.39, 0.29) is 6.54 Å². The van der Waals surface area contributed by atoms with Gasteiger partial charge in [0.05, 0.1) is 5.02 Å². The van der Waals surface area contributed by atoms with Crippen LogP contribution in [0, 0.1) is 0 Å². The predicted octanol–water partition coefficient (Wildman–Crippen LogP) is 3.48. The Hall–Kier alpha value is -1.60. The second-order valence-corrected chi connectivity index (χ2v) is 5.51. The van der Waals surface area contributed by atoms with Gasteiger partial charge in [0.25, 0.3) is 0 Å². The Morgan fingerprint density at radius 3 is 2.64 bits per heavy atom. The average molecular weight is 342 g/mol. The van der Waals surface area contributed by atoms with Crippen LogP contribution in [0.25, 0.3) is 11.0 Å². The van der Waals surface area contributed by atoms with Crippen LogP contribution in [0.15, 0.2) is 35.3 Å². The first kappa shape index (κ1) is 15.3. The van der Waals surface area contributed by atoms with Crippen molar-refractivity contribution in [3.05, 3.63) is 46.7 Å². The number of halogens is 2. The number of fused-ring (bicyclic) bond motifs is 1. The number of nitrogens with zero attached hydrogens (tertiary/aromatic N) is 3. The number of furan rings is 1. The van der Waals surface area contributed by atoms with E-state index in [1.54, 1.807) is 29.2 Å². The smallest absolute Gasteiger partial charge is 0.248 e. The van der Waals surface area contributed by atoms with Crippen molar-refractivity contribution in [3.63, 3.8) is 0 Å². The lowest BCUT2D eigenvalue weighted by Crippen LogP contribution is -2.35. The highest BCUT2D eigenvalue weighted by atomic mass is 35.5. The zero-order chi connectivity index (χ0) is 15.7. The molecule has 0 spiro atoms. The lowest BCUT2D eigenvalue weighted by atomic mass is 10.1. The number of methoxy groups -OCH3 is 2. The normalized spacial score (nSPS) is 12.2. The number of ether oxygens (including phenoxy) is 2. The zero-order valence-corrected chi connectivity index (χ0v) is 13.4. The van der Waals surface area contributed by atoms with E-state index in [9.17, 15) is 0 Å². The summed E-state index contributed by atoms with van der Waals surface area (Å²) in [4.78, 5) is 3.91. The van der Waals surface area contributed by atoms with Gasteiger partial charge in [-0.1, -0.05) is 23.2 Å². The molecule has 3 aromatic rings. The van der Waals surface area contributed by atoms with Crippen molar-refractivity contribution in [3.8, 4) is 0 Å². The van der Waals surface area contributed by atoms with Gasteiger partial charge in [0.15, 0.2) is 11.3 Å². The Balaban J connectivity index is 2.10. The monoisotopic (exact) mass is 341 g/mol. The van der Waals surface area contributed by atoms with Crippen LogP contribution in [0.2, 0.25) is 10.0 Å². The van der Waals surface area contributed by atoms with E-state index in [4.69, 9.17) is 37.1 Å². The molecule has 22 heavy (non-hydrogen) atoms. The summed E-state index contributed by atoms with van der Waals surface area (Å²) in [6.45, 7) is 0.269. The summed E-state index contributed by atoms with van der Waals surface area (Å²) in [7, 11) is 3.06. The number of aromatic nitrogens is 3. The van der Waals surface area contributed by atoms with Crippen molar-refractivity contribution in [2.45, 2.75) is 12.3 Å². The molecule has 0 N–H and O–H groups in total. The van der Waals surface area contributed by atoms with Gasteiger partial charge in [-0.3, -0.25) is 0 Å². The fraction of sp³-hybridized carbons (Fsp3) is 0.286. The fourth-order valence-corrected chi connectivity index (χ4v) is 2.83. The Bertz CT molecular complexity index is 782. The van der Waals surface area contributed by atoms with Crippen molar-refractivity contribution in [2.75, 3.05) is 14.2 Å². The minimum absolute atomic E-state index is 0.269. The van der Waals surface area contributed by atoms with Gasteiger partial charge in [0.1, 0.15) is 19.2 Å². The first-order valence-corrected chi connectivity index (χ1v) is 7.15. The second kappa shape index (κ2) is 5.89. The summed E-state index contributed by atoms with van der Waals surface area (Å²) in [5, 5.41) is 5.79. The maximum atomic E-state index is 6.17. The van der Waals surface area contributed by atoms with E-state index < -0.39 is 5.79 Å². The van der Waals surface area contributed by atoms with Gasteiger partial charge in [0.2, 0.25) is 5.79 Å². The molecule has 116 valence electrons. The first-order chi connectivity index (χ1) is 10.6. The summed E-state index contributed by atoms with van der Waals surface area (Å²) in [6.07, 6.45) is 3.00. The molecule has 0 radical (unpaired) electrons. The van der Waals surface area contributed by atoms with E-state index >= 15 is 0 Å². The number of hydrogen-bond acceptors (Lipinski definition) is 5. The number of hydrogen-bond donors (Lipinski definition) is 0. The molecule has 3 rings (SSSR count). The summed E-state index contributed by atoms with van der Waals surface area (Å²) in [5.74, 6) is -0.685. The molecule has 0 bridgehead atoms. The van der Waals surface area contributed by atoms with E-state index in [2.05, 4.69) is 10.1 Å². The lowest BCUT2D eigenvalue weighted by Gasteiger charge is -2.28. The van der Waals surface area contributed by atoms with Crippen LogP contribution >= 0.6 is 23.2 Å². The minimum atomic E-state index is -1.15. The Morgan fingerprint density at radius 2 is 2.00 bits per heavy atom. The highest BCUT2D eigenvalue weighted by molar-refractivity contribution is 6.38. The third-order valence-corrected chi connectivity index (χ3v) is 3.91. The summed E-state index contributed by atoms with van der Waals surface area (Å²) in [5.41, 5.74) is 0.526. The lowest BCUT2D eigenvalue weighted by molar-refractivity contribution is -0.236. The maximum absolute atomic E-state index is 6.17. The van der Waals surface area contributed by atoms with Crippen molar-refractivity contribution in [2.24, 2.45) is 0 Å². The molecule has 0 fully saturated rings. The molecular weight excluding hydrogens is 329 g/mol. The van der Waals surface area contributed by atoms with Crippen LogP contribution in [0.3, 0.4) is 0 Å². The molecule has 0 saturated carbocycles. The molecule has 0 aliphatic heterocycles. The van der Waals surface area contributed by atoms with E-state index in [1.807, 2.05) is 0 Å². The first-order valence-electron chi connectivity index (χ1n) is 6.40. The van der Waals surface area contributed by atoms with Crippen molar-refractivity contribution in [1.82, 2.24) is 14.8 Å². The fourth-order valence-electron chi connectivity index (χ4n) is 2.28. The van der Waals surface area contributed by atoms with Crippen molar-refractivity contribution in [1.29, 1.82) is 0 Å². The largest absolute Gasteiger partial charge is 0.454 e. The van der Waals surface area contributed by atoms with E-state index in [0.29, 0.717) is 21.4 Å². The Labute approximate surface area is 136 Å². The number of benzene rings is 1. The molecule has 2 heterocycles. The van der Waals surface area contributed by atoms with Gasteiger partial charge in [-0.25, -0.2) is 9.67 Å². The van der Waals surface area contributed by atoms with Gasteiger partial charge in [-0.2, -0.15) is 5.10 Å². The molecule has 2 aromatic heterocycles. The number of rotatable bonds is 5. The SMILES string of the molecule is COC(Cn1cncn1)(OC)c1cc2cc(Cl)cc(Cl)c2o1. The molecule has 1 aromatic carbocycles. The summed E-state index contributed by atoms with van der Waals surface area (Å²) >= 11 is 12.2. The third kappa shape index (κ3) is 2.59. The molecular formula is C14H13Cl2N3O3. The van der Waals surface area contributed by atoms with E-state index in [0.717, 1.165) is 5.39 Å². The molecule has 0 unspecified atom stereocenters. The topological polar surface area (TPSA) is 62.3 Å². The van der Waals surface area contributed by atoms with Crippen LogP contribution in [-0.2, 0) is 21.8 Å². The maximum Gasteiger partial charge on any atom is 0.248 e. The highest BCUT2D eigenvalue weighted by Crippen LogP contribution is 2.36. The highest BCUT2D eigenvalue weighted by Gasteiger charge is 2.37. The van der Waals surface area contributed by atoms with Gasteiger partial charge >= 0.3 is 0 Å². The van der Waals surface area contributed by atoms with Crippen LogP contribution in [0.4, 0.5) is 0 Å². The van der Waals surface area contributed by atoms with Gasteiger partial charge < -0.3 is 13.9 Å². The molecule has 0 aliphatic carbocycles. The van der Waals surface area contributed by atoms with Gasteiger partial charge in [-0.15, -0.1) is 0 Å². The zero-order valence-electron chi connectivity index (χ0n) is 11.9. The Kier molecular flexibility index (Phi) is 4.10. The predicted molar refractivity (Wildman–Crippen MR) is 82.0 cm³/mol. The molecule has 8 heteroatoms. The molecule has 6 nitrogen and oxygen atoms in total. The van der Waals surface area contributed by atoms with Crippen LogP contribution in [-0.4, -0.2) is 29.0 Å². The Morgan fingerprint density at radius 1 is 1.23 bits per heavy atom. The second-order valence-electron chi connectivity index (χ2n) is 4.67. The van der Waals surface area contributed by atoms with Gasteiger partial charge in [0, 0.05) is 24.6 Å².